The standard InChI is InChI=1S/C17H20N2O2S.C4H10.B/c1-3-20-15-9-5-13(6-10-15)18-17(22)19-14-7-11-16(12-8-14)21-4-2;1-3-4-2;/h5-12H,3-4H2,1-2H3,(H2,18,19,22);3-4H2,1-2H3;. The van der Waals surface area contributed by atoms with Crippen LogP contribution in [-0.2, 0) is 0 Å². The highest BCUT2D eigenvalue weighted by Crippen LogP contribution is 2.18. The van der Waals surface area contributed by atoms with Gasteiger partial charge in [-0.05, 0) is 74.6 Å². The maximum absolute atomic E-state index is 5.40. The molecule has 145 valence electrons. The largest absolute Gasteiger partial charge is 0.494 e. The van der Waals surface area contributed by atoms with Crippen LogP contribution in [0.2, 0.25) is 0 Å². The highest BCUT2D eigenvalue weighted by molar-refractivity contribution is 7.80. The van der Waals surface area contributed by atoms with Crippen LogP contribution < -0.4 is 20.1 Å². The lowest BCUT2D eigenvalue weighted by atomic mass is 10.3. The zero-order valence-electron chi connectivity index (χ0n) is 16.7. The highest BCUT2D eigenvalue weighted by atomic mass is 32.1. The number of hydrogen-bond donors (Lipinski definition) is 2. The maximum Gasteiger partial charge on any atom is 0.175 e. The van der Waals surface area contributed by atoms with Crippen LogP contribution in [0.3, 0.4) is 0 Å². The molecule has 0 aliphatic heterocycles. The molecule has 0 heterocycles. The first-order valence-electron chi connectivity index (χ1n) is 9.16. The second kappa shape index (κ2) is 14.9. The van der Waals surface area contributed by atoms with Gasteiger partial charge in [0.2, 0.25) is 0 Å². The third-order valence-corrected chi connectivity index (χ3v) is 3.55. The smallest absolute Gasteiger partial charge is 0.175 e. The summed E-state index contributed by atoms with van der Waals surface area (Å²) in [4.78, 5) is 0. The molecule has 0 amide bonds. The summed E-state index contributed by atoms with van der Waals surface area (Å²) in [5.41, 5.74) is 1.82. The highest BCUT2D eigenvalue weighted by Gasteiger charge is 2.00. The summed E-state index contributed by atoms with van der Waals surface area (Å²) in [6.45, 7) is 9.60. The molecule has 0 aliphatic rings. The number of nitrogens with one attached hydrogen (secondary N) is 2. The average molecular weight is 385 g/mol. The minimum absolute atomic E-state index is 0. The van der Waals surface area contributed by atoms with Gasteiger partial charge < -0.3 is 20.1 Å². The number of ether oxygens (including phenoxy) is 2. The van der Waals surface area contributed by atoms with Gasteiger partial charge in [0, 0.05) is 19.8 Å². The van der Waals surface area contributed by atoms with E-state index in [9.17, 15) is 0 Å². The minimum Gasteiger partial charge on any atom is -0.494 e. The van der Waals surface area contributed by atoms with Gasteiger partial charge >= 0.3 is 0 Å². The SMILES string of the molecule is CCCC.CCOc1ccc(NC(=S)Nc2ccc(OCC)cc2)cc1.[B]. The Bertz CT molecular complexity index is 578. The lowest BCUT2D eigenvalue weighted by Gasteiger charge is -2.12. The Kier molecular flexibility index (Phi) is 13.7. The quantitative estimate of drug-likeness (QED) is 0.471. The Morgan fingerprint density at radius 3 is 1.30 bits per heavy atom. The van der Waals surface area contributed by atoms with E-state index in [1.165, 1.54) is 12.8 Å². The Balaban J connectivity index is 0.00000123. The summed E-state index contributed by atoms with van der Waals surface area (Å²) in [5.74, 6) is 1.69. The zero-order chi connectivity index (χ0) is 19.2. The van der Waals surface area contributed by atoms with Gasteiger partial charge in [-0.2, -0.15) is 0 Å². The number of anilines is 2. The molecule has 6 heteroatoms. The van der Waals surface area contributed by atoms with Crippen LogP contribution in [0, 0.1) is 0 Å². The fourth-order valence-corrected chi connectivity index (χ4v) is 2.13. The van der Waals surface area contributed by atoms with E-state index in [0.29, 0.717) is 18.3 Å². The summed E-state index contributed by atoms with van der Waals surface area (Å²) in [6.07, 6.45) is 2.64. The van der Waals surface area contributed by atoms with E-state index in [4.69, 9.17) is 21.7 Å². The van der Waals surface area contributed by atoms with Gasteiger partial charge in [0.25, 0.3) is 0 Å². The lowest BCUT2D eigenvalue weighted by molar-refractivity contribution is 0.340. The van der Waals surface area contributed by atoms with Gasteiger partial charge in [0.05, 0.1) is 13.2 Å². The molecule has 2 aromatic carbocycles. The average Bonchev–Trinajstić information content (AvgIpc) is 2.65. The van der Waals surface area contributed by atoms with Crippen molar-refractivity contribution in [1.82, 2.24) is 0 Å². The zero-order valence-corrected chi connectivity index (χ0v) is 17.6. The number of benzene rings is 2. The Labute approximate surface area is 171 Å². The molecule has 0 aliphatic carbocycles. The van der Waals surface area contributed by atoms with E-state index in [1.807, 2.05) is 62.4 Å². The van der Waals surface area contributed by atoms with Crippen molar-refractivity contribution in [3.63, 3.8) is 0 Å². The van der Waals surface area contributed by atoms with Crippen molar-refractivity contribution in [1.29, 1.82) is 0 Å². The topological polar surface area (TPSA) is 42.5 Å². The van der Waals surface area contributed by atoms with Crippen LogP contribution >= 0.6 is 12.2 Å². The molecule has 0 atom stereocenters. The molecule has 0 saturated heterocycles. The second-order valence-corrected chi connectivity index (χ2v) is 5.90. The van der Waals surface area contributed by atoms with Gasteiger partial charge in [-0.1, -0.05) is 26.7 Å². The molecule has 2 aromatic rings. The van der Waals surface area contributed by atoms with E-state index in [1.54, 1.807) is 0 Å². The summed E-state index contributed by atoms with van der Waals surface area (Å²) in [5, 5.41) is 6.80. The van der Waals surface area contributed by atoms with E-state index >= 15 is 0 Å². The van der Waals surface area contributed by atoms with Crippen molar-refractivity contribution < 1.29 is 9.47 Å². The van der Waals surface area contributed by atoms with E-state index < -0.39 is 0 Å². The number of rotatable bonds is 7. The van der Waals surface area contributed by atoms with E-state index in [-0.39, 0.29) is 8.41 Å². The predicted octanol–water partition coefficient (Wildman–Crippen LogP) is 5.72. The van der Waals surface area contributed by atoms with Gasteiger partial charge in [-0.3, -0.25) is 0 Å². The maximum atomic E-state index is 5.40. The van der Waals surface area contributed by atoms with Crippen molar-refractivity contribution in [2.75, 3.05) is 23.8 Å². The van der Waals surface area contributed by atoms with E-state index in [0.717, 1.165) is 22.9 Å². The summed E-state index contributed by atoms with van der Waals surface area (Å²) >= 11 is 5.30. The van der Waals surface area contributed by atoms with Gasteiger partial charge in [-0.25, -0.2) is 0 Å². The van der Waals surface area contributed by atoms with Gasteiger partial charge in [0.15, 0.2) is 5.11 Å². The van der Waals surface area contributed by atoms with Crippen LogP contribution in [0.15, 0.2) is 48.5 Å². The molecule has 27 heavy (non-hydrogen) atoms. The van der Waals surface area contributed by atoms with Gasteiger partial charge in [-0.15, -0.1) is 0 Å². The Morgan fingerprint density at radius 2 is 1.04 bits per heavy atom. The first-order chi connectivity index (χ1) is 12.6. The number of hydrogen-bond acceptors (Lipinski definition) is 3. The molecule has 2 rings (SSSR count). The van der Waals surface area contributed by atoms with Crippen molar-refractivity contribution in [3.8, 4) is 11.5 Å². The van der Waals surface area contributed by atoms with Crippen LogP contribution in [0.25, 0.3) is 0 Å². The second-order valence-electron chi connectivity index (χ2n) is 5.49. The fourth-order valence-electron chi connectivity index (χ4n) is 1.90. The third-order valence-electron chi connectivity index (χ3n) is 3.35. The van der Waals surface area contributed by atoms with Crippen molar-refractivity contribution in [2.45, 2.75) is 40.5 Å². The Morgan fingerprint density at radius 1 is 0.704 bits per heavy atom. The molecule has 0 fully saturated rings. The van der Waals surface area contributed by atoms with Gasteiger partial charge in [0.1, 0.15) is 11.5 Å². The van der Waals surface area contributed by atoms with Crippen LogP contribution in [-0.4, -0.2) is 26.7 Å². The fraction of sp³-hybridized carbons (Fsp3) is 0.381. The van der Waals surface area contributed by atoms with Crippen LogP contribution in [0.1, 0.15) is 40.5 Å². The molecule has 4 nitrogen and oxygen atoms in total. The van der Waals surface area contributed by atoms with Crippen molar-refractivity contribution in [2.24, 2.45) is 0 Å². The molecule has 0 spiro atoms. The van der Waals surface area contributed by atoms with Crippen LogP contribution in [0.5, 0.6) is 11.5 Å². The van der Waals surface area contributed by atoms with Crippen LogP contribution in [0.4, 0.5) is 11.4 Å². The third kappa shape index (κ3) is 10.5. The van der Waals surface area contributed by atoms with E-state index in [2.05, 4.69) is 24.5 Å². The summed E-state index contributed by atoms with van der Waals surface area (Å²) in [7, 11) is 0. The predicted molar refractivity (Wildman–Crippen MR) is 121 cm³/mol. The molecule has 0 bridgehead atoms. The first kappa shape index (κ1) is 24.8. The molecule has 0 saturated carbocycles. The van der Waals surface area contributed by atoms with Crippen molar-refractivity contribution >= 4 is 37.1 Å². The molecule has 2 N–H and O–H groups in total. The molecule has 3 radical (unpaired) electrons. The first-order valence-corrected chi connectivity index (χ1v) is 9.57. The Hall–Kier alpha value is -2.21. The molecular formula is C21H30BN2O2S. The monoisotopic (exact) mass is 385 g/mol. The number of thiocarbonyl (C=S) groups is 1. The molecular weight excluding hydrogens is 355 g/mol. The number of unbranched alkanes of at least 4 members (excludes halogenated alkanes) is 1. The van der Waals surface area contributed by atoms with Crippen molar-refractivity contribution in [3.05, 3.63) is 48.5 Å². The minimum atomic E-state index is 0. The lowest BCUT2D eigenvalue weighted by Crippen LogP contribution is -2.18. The summed E-state index contributed by atoms with van der Waals surface area (Å²) in [6, 6.07) is 15.3. The molecule has 0 aromatic heterocycles. The summed E-state index contributed by atoms with van der Waals surface area (Å²) < 4.78 is 10.8. The molecule has 0 unspecified atom stereocenters. The normalized spacial score (nSPS) is 9.19.